The van der Waals surface area contributed by atoms with Crippen molar-refractivity contribution in [1.82, 2.24) is 10.0 Å². The molecule has 0 unspecified atom stereocenters. The molecule has 5 aliphatic rings. The van der Waals surface area contributed by atoms with E-state index in [0.717, 1.165) is 48.3 Å². The molecule has 2 amide bonds. The van der Waals surface area contributed by atoms with Crippen LogP contribution in [0, 0.1) is 23.2 Å². The van der Waals surface area contributed by atoms with Crippen LogP contribution in [0.3, 0.4) is 0 Å². The highest BCUT2D eigenvalue weighted by molar-refractivity contribution is 7.89. The number of nitrogens with one attached hydrogen (secondary N) is 2. The van der Waals surface area contributed by atoms with Gasteiger partial charge in [0, 0.05) is 30.6 Å². The number of rotatable bonds is 6. The first-order chi connectivity index (χ1) is 14.8. The number of benzene rings is 1. The number of fused-ring (bicyclic) bond motifs is 1. The molecule has 1 heterocycles. The Labute approximate surface area is 184 Å². The summed E-state index contributed by atoms with van der Waals surface area (Å²) in [6, 6.07) is 4.88. The van der Waals surface area contributed by atoms with Crippen LogP contribution in [-0.4, -0.2) is 40.4 Å². The van der Waals surface area contributed by atoms with Crippen molar-refractivity contribution in [3.05, 3.63) is 23.8 Å². The average Bonchev–Trinajstić information content (AvgIpc) is 3.16. The number of amides is 2. The van der Waals surface area contributed by atoms with Crippen molar-refractivity contribution in [1.29, 1.82) is 0 Å². The normalized spacial score (nSPS) is 31.0. The molecule has 1 aromatic carbocycles. The zero-order valence-electron chi connectivity index (χ0n) is 18.0. The molecule has 4 saturated carbocycles. The minimum absolute atomic E-state index is 0.0335. The van der Waals surface area contributed by atoms with Gasteiger partial charge in [0.2, 0.25) is 21.8 Å². The Balaban J connectivity index is 1.19. The Morgan fingerprint density at radius 2 is 1.74 bits per heavy atom. The topological polar surface area (TPSA) is 95.6 Å². The molecule has 4 aliphatic carbocycles. The number of nitrogens with zero attached hydrogens (tertiary/aromatic N) is 1. The molecule has 1 aromatic rings. The molecule has 6 rings (SSSR count). The third-order valence-corrected chi connectivity index (χ3v) is 9.38. The minimum atomic E-state index is -3.50. The number of carbonyl (C=O) groups is 2. The van der Waals surface area contributed by atoms with E-state index < -0.39 is 10.0 Å². The average molecular weight is 446 g/mol. The van der Waals surface area contributed by atoms with Crippen LogP contribution < -0.4 is 14.9 Å². The third kappa shape index (κ3) is 3.67. The van der Waals surface area contributed by atoms with Crippen molar-refractivity contribution in [2.45, 2.75) is 56.3 Å². The Morgan fingerprint density at radius 1 is 1.10 bits per heavy atom. The van der Waals surface area contributed by atoms with Gasteiger partial charge in [0.05, 0.1) is 4.90 Å². The van der Waals surface area contributed by atoms with Gasteiger partial charge >= 0.3 is 0 Å². The number of anilines is 1. The van der Waals surface area contributed by atoms with Crippen LogP contribution in [0.2, 0.25) is 0 Å². The standard InChI is InChI=1S/C23H31N3O4S/c1-24-31(29,30)19-2-3-20-18(11-19)5-7-26(20)21(27)4-6-25-22(28)23-12-15-8-16(13-23)10-17(9-15)14-23/h2-3,11,15-17,24H,4-10,12-14H2,1H3,(H,25,28). The molecule has 8 heteroatoms. The summed E-state index contributed by atoms with van der Waals surface area (Å²) in [6.45, 7) is 0.900. The summed E-state index contributed by atoms with van der Waals surface area (Å²) >= 11 is 0. The Morgan fingerprint density at radius 3 is 2.35 bits per heavy atom. The molecular formula is C23H31N3O4S. The molecule has 0 atom stereocenters. The van der Waals surface area contributed by atoms with E-state index in [1.54, 1.807) is 17.0 Å². The van der Waals surface area contributed by atoms with E-state index in [4.69, 9.17) is 0 Å². The van der Waals surface area contributed by atoms with E-state index in [9.17, 15) is 18.0 Å². The molecule has 7 nitrogen and oxygen atoms in total. The smallest absolute Gasteiger partial charge is 0.240 e. The molecule has 1 aliphatic heterocycles. The van der Waals surface area contributed by atoms with Gasteiger partial charge in [-0.05, 0) is 93.5 Å². The van der Waals surface area contributed by atoms with E-state index in [0.29, 0.717) is 19.5 Å². The summed E-state index contributed by atoms with van der Waals surface area (Å²) in [5.41, 5.74) is 1.45. The van der Waals surface area contributed by atoms with Crippen LogP contribution in [0.4, 0.5) is 5.69 Å². The largest absolute Gasteiger partial charge is 0.355 e. The molecule has 0 radical (unpaired) electrons. The van der Waals surface area contributed by atoms with E-state index in [-0.39, 0.29) is 28.5 Å². The fourth-order valence-corrected chi connectivity index (χ4v) is 7.70. The van der Waals surface area contributed by atoms with Gasteiger partial charge in [0.1, 0.15) is 0 Å². The molecule has 0 aromatic heterocycles. The van der Waals surface area contributed by atoms with Crippen LogP contribution in [-0.2, 0) is 26.0 Å². The third-order valence-electron chi connectivity index (χ3n) is 7.97. The predicted octanol–water partition coefficient (Wildman–Crippen LogP) is 2.21. The van der Waals surface area contributed by atoms with E-state index in [1.165, 1.54) is 32.4 Å². The first-order valence-corrected chi connectivity index (χ1v) is 12.9. The maximum atomic E-state index is 13.1. The van der Waals surface area contributed by atoms with Crippen molar-refractivity contribution >= 4 is 27.5 Å². The first kappa shape index (κ1) is 20.9. The molecule has 31 heavy (non-hydrogen) atoms. The maximum absolute atomic E-state index is 13.1. The van der Waals surface area contributed by atoms with Crippen molar-refractivity contribution in [3.8, 4) is 0 Å². The summed E-state index contributed by atoms with van der Waals surface area (Å²) in [6.07, 6.45) is 7.87. The van der Waals surface area contributed by atoms with Crippen molar-refractivity contribution in [2.24, 2.45) is 23.2 Å². The van der Waals surface area contributed by atoms with Crippen LogP contribution >= 0.6 is 0 Å². The lowest BCUT2D eigenvalue weighted by Crippen LogP contribution is -2.53. The van der Waals surface area contributed by atoms with Crippen molar-refractivity contribution < 1.29 is 18.0 Å². The summed E-state index contributed by atoms with van der Waals surface area (Å²) in [5, 5.41) is 3.08. The lowest BCUT2D eigenvalue weighted by Gasteiger charge is -2.55. The van der Waals surface area contributed by atoms with Gasteiger partial charge in [-0.2, -0.15) is 0 Å². The molecule has 4 fully saturated rings. The minimum Gasteiger partial charge on any atom is -0.355 e. The van der Waals surface area contributed by atoms with Crippen LogP contribution in [0.1, 0.15) is 50.5 Å². The Kier molecular flexibility index (Phi) is 5.13. The van der Waals surface area contributed by atoms with Gasteiger partial charge in [-0.3, -0.25) is 9.59 Å². The van der Waals surface area contributed by atoms with Gasteiger partial charge in [-0.25, -0.2) is 13.1 Å². The Hall–Kier alpha value is -1.93. The van der Waals surface area contributed by atoms with Crippen molar-refractivity contribution in [3.63, 3.8) is 0 Å². The molecular weight excluding hydrogens is 414 g/mol. The quantitative estimate of drug-likeness (QED) is 0.702. The highest BCUT2D eigenvalue weighted by atomic mass is 32.2. The van der Waals surface area contributed by atoms with Crippen LogP contribution in [0.15, 0.2) is 23.1 Å². The van der Waals surface area contributed by atoms with E-state index in [2.05, 4.69) is 10.0 Å². The zero-order valence-corrected chi connectivity index (χ0v) is 18.8. The van der Waals surface area contributed by atoms with Gasteiger partial charge in [0.15, 0.2) is 0 Å². The summed E-state index contributed by atoms with van der Waals surface area (Å²) in [7, 11) is -2.12. The van der Waals surface area contributed by atoms with Crippen molar-refractivity contribution in [2.75, 3.05) is 25.0 Å². The molecule has 0 spiro atoms. The first-order valence-electron chi connectivity index (χ1n) is 11.4. The zero-order chi connectivity index (χ0) is 21.8. The molecule has 0 saturated heterocycles. The number of hydrogen-bond acceptors (Lipinski definition) is 4. The van der Waals surface area contributed by atoms with Gasteiger partial charge in [0.25, 0.3) is 0 Å². The van der Waals surface area contributed by atoms with Gasteiger partial charge in [-0.1, -0.05) is 0 Å². The lowest BCUT2D eigenvalue weighted by atomic mass is 9.49. The molecule has 168 valence electrons. The van der Waals surface area contributed by atoms with E-state index >= 15 is 0 Å². The molecule has 2 N–H and O–H groups in total. The highest BCUT2D eigenvalue weighted by Crippen LogP contribution is 2.60. The van der Waals surface area contributed by atoms with E-state index in [1.807, 2.05) is 0 Å². The summed E-state index contributed by atoms with van der Waals surface area (Å²) in [4.78, 5) is 27.8. The van der Waals surface area contributed by atoms with Gasteiger partial charge < -0.3 is 10.2 Å². The number of carbonyl (C=O) groups excluding carboxylic acids is 2. The monoisotopic (exact) mass is 445 g/mol. The second kappa shape index (κ2) is 7.59. The highest BCUT2D eigenvalue weighted by Gasteiger charge is 2.54. The predicted molar refractivity (Wildman–Crippen MR) is 117 cm³/mol. The van der Waals surface area contributed by atoms with Crippen LogP contribution in [0.25, 0.3) is 0 Å². The summed E-state index contributed by atoms with van der Waals surface area (Å²) < 4.78 is 26.4. The van der Waals surface area contributed by atoms with Gasteiger partial charge in [-0.15, -0.1) is 0 Å². The molecule has 4 bridgehead atoms. The fourth-order valence-electron chi connectivity index (χ4n) is 6.92. The lowest BCUT2D eigenvalue weighted by molar-refractivity contribution is -0.146. The Bertz CT molecular complexity index is 984. The fraction of sp³-hybridized carbons (Fsp3) is 0.652. The number of hydrogen-bond donors (Lipinski definition) is 2. The van der Waals surface area contributed by atoms with Crippen LogP contribution in [0.5, 0.6) is 0 Å². The second-order valence-corrected chi connectivity index (χ2v) is 11.9. The number of sulfonamides is 1. The SMILES string of the molecule is CNS(=O)(=O)c1ccc2c(c1)CCN2C(=O)CCNC(=O)C12CC3CC(CC(C3)C1)C2. The summed E-state index contributed by atoms with van der Waals surface area (Å²) in [5.74, 6) is 2.28. The maximum Gasteiger partial charge on any atom is 0.240 e. The second-order valence-electron chi connectivity index (χ2n) is 10.00.